The van der Waals surface area contributed by atoms with Gasteiger partial charge in [-0.2, -0.15) is 0 Å². The molecular formula is C26H19N. The average Bonchev–Trinajstić information content (AvgIpc) is 3.09. The van der Waals surface area contributed by atoms with Crippen LogP contribution in [0.25, 0.3) is 11.1 Å². The minimum Gasteiger partial charge on any atom is -0.310 e. The van der Waals surface area contributed by atoms with Crippen molar-refractivity contribution in [2.45, 2.75) is 12.8 Å². The zero-order chi connectivity index (χ0) is 17.8. The van der Waals surface area contributed by atoms with Crippen LogP contribution < -0.4 is 4.90 Å². The first kappa shape index (κ1) is 14.8. The van der Waals surface area contributed by atoms with Crippen molar-refractivity contribution in [3.8, 4) is 11.1 Å². The van der Waals surface area contributed by atoms with Gasteiger partial charge in [0.15, 0.2) is 0 Å². The summed E-state index contributed by atoms with van der Waals surface area (Å²) in [5.41, 5.74) is 12.3. The molecule has 6 rings (SSSR count). The van der Waals surface area contributed by atoms with E-state index in [1.165, 1.54) is 50.4 Å². The van der Waals surface area contributed by atoms with E-state index >= 15 is 0 Å². The van der Waals surface area contributed by atoms with Crippen molar-refractivity contribution in [3.63, 3.8) is 0 Å². The van der Waals surface area contributed by atoms with Gasteiger partial charge in [0.1, 0.15) is 0 Å². The fourth-order valence-electron chi connectivity index (χ4n) is 4.64. The lowest BCUT2D eigenvalue weighted by Crippen LogP contribution is -2.18. The molecule has 27 heavy (non-hydrogen) atoms. The van der Waals surface area contributed by atoms with E-state index < -0.39 is 0 Å². The first-order valence-electron chi connectivity index (χ1n) is 9.56. The van der Waals surface area contributed by atoms with Gasteiger partial charge in [-0.1, -0.05) is 66.7 Å². The molecule has 2 aliphatic rings. The smallest absolute Gasteiger partial charge is 0.0497 e. The van der Waals surface area contributed by atoms with Crippen molar-refractivity contribution in [3.05, 3.63) is 113 Å². The molecule has 4 aromatic carbocycles. The highest BCUT2D eigenvalue weighted by molar-refractivity contribution is 5.86. The number of fused-ring (bicyclic) bond motifs is 5. The average molecular weight is 345 g/mol. The Morgan fingerprint density at radius 3 is 1.78 bits per heavy atom. The number of para-hydroxylation sites is 2. The largest absolute Gasteiger partial charge is 0.310 e. The molecule has 1 aliphatic heterocycles. The summed E-state index contributed by atoms with van der Waals surface area (Å²) < 4.78 is 0. The van der Waals surface area contributed by atoms with Crippen molar-refractivity contribution >= 4 is 17.1 Å². The number of nitrogens with zero attached hydrogens (tertiary/aromatic N) is 1. The van der Waals surface area contributed by atoms with E-state index in [2.05, 4.69) is 95.9 Å². The molecule has 4 aromatic rings. The van der Waals surface area contributed by atoms with Gasteiger partial charge in [0, 0.05) is 23.5 Å². The third-order valence-electron chi connectivity index (χ3n) is 5.88. The van der Waals surface area contributed by atoms with E-state index in [0.717, 1.165) is 12.8 Å². The lowest BCUT2D eigenvalue weighted by molar-refractivity contribution is 1.09. The first-order valence-corrected chi connectivity index (χ1v) is 9.56. The summed E-state index contributed by atoms with van der Waals surface area (Å²) in [6.45, 7) is 0. The molecule has 0 saturated heterocycles. The van der Waals surface area contributed by atoms with Crippen LogP contribution in [0.1, 0.15) is 22.3 Å². The third-order valence-corrected chi connectivity index (χ3v) is 5.88. The Morgan fingerprint density at radius 1 is 0.481 bits per heavy atom. The Bertz CT molecular complexity index is 1140. The summed E-state index contributed by atoms with van der Waals surface area (Å²) in [4.78, 5) is 2.43. The SMILES string of the molecule is c1ccc2c(c1)Cc1cc(N3c4ccccc4Cc4ccccc43)ccc1-2. The maximum atomic E-state index is 2.43. The Kier molecular flexibility index (Phi) is 3.06. The van der Waals surface area contributed by atoms with Gasteiger partial charge in [-0.05, 0) is 64.1 Å². The second kappa shape index (κ2) is 5.59. The topological polar surface area (TPSA) is 3.24 Å². The number of anilines is 3. The van der Waals surface area contributed by atoms with Crippen LogP contribution in [0.4, 0.5) is 17.1 Å². The lowest BCUT2D eigenvalue weighted by Gasteiger charge is -2.33. The molecule has 1 nitrogen and oxygen atoms in total. The molecule has 0 spiro atoms. The van der Waals surface area contributed by atoms with Gasteiger partial charge in [0.05, 0.1) is 0 Å². The minimum absolute atomic E-state index is 0.999. The molecule has 0 saturated carbocycles. The van der Waals surface area contributed by atoms with Crippen LogP contribution in [-0.2, 0) is 12.8 Å². The summed E-state index contributed by atoms with van der Waals surface area (Å²) >= 11 is 0. The summed E-state index contributed by atoms with van der Waals surface area (Å²) in [7, 11) is 0. The normalized spacial score (nSPS) is 13.6. The summed E-state index contributed by atoms with van der Waals surface area (Å²) in [5.74, 6) is 0. The number of hydrogen-bond acceptors (Lipinski definition) is 1. The first-order chi connectivity index (χ1) is 13.4. The molecule has 0 atom stereocenters. The predicted molar refractivity (Wildman–Crippen MR) is 112 cm³/mol. The molecular weight excluding hydrogens is 326 g/mol. The summed E-state index contributed by atoms with van der Waals surface area (Å²) in [6.07, 6.45) is 2.02. The molecule has 0 aromatic heterocycles. The van der Waals surface area contributed by atoms with E-state index in [1.54, 1.807) is 0 Å². The highest BCUT2D eigenvalue weighted by atomic mass is 15.2. The Balaban J connectivity index is 1.54. The fourth-order valence-corrected chi connectivity index (χ4v) is 4.64. The second-order valence-electron chi connectivity index (χ2n) is 7.44. The predicted octanol–water partition coefficient (Wildman–Crippen LogP) is 6.63. The summed E-state index contributed by atoms with van der Waals surface area (Å²) in [6, 6.07) is 33.3. The van der Waals surface area contributed by atoms with E-state index in [1.807, 2.05) is 0 Å². The maximum Gasteiger partial charge on any atom is 0.0497 e. The van der Waals surface area contributed by atoms with Crippen LogP contribution in [0.3, 0.4) is 0 Å². The Morgan fingerprint density at radius 2 is 1.04 bits per heavy atom. The van der Waals surface area contributed by atoms with Crippen molar-refractivity contribution in [2.24, 2.45) is 0 Å². The van der Waals surface area contributed by atoms with Gasteiger partial charge in [0.25, 0.3) is 0 Å². The molecule has 0 amide bonds. The molecule has 1 heteroatoms. The van der Waals surface area contributed by atoms with Gasteiger partial charge in [-0.15, -0.1) is 0 Å². The number of rotatable bonds is 1. The third kappa shape index (κ3) is 2.18. The van der Waals surface area contributed by atoms with Crippen LogP contribution >= 0.6 is 0 Å². The monoisotopic (exact) mass is 345 g/mol. The van der Waals surface area contributed by atoms with Crippen molar-refractivity contribution in [1.82, 2.24) is 0 Å². The van der Waals surface area contributed by atoms with Crippen LogP contribution in [-0.4, -0.2) is 0 Å². The summed E-state index contributed by atoms with van der Waals surface area (Å²) in [5, 5.41) is 0. The maximum absolute atomic E-state index is 2.43. The van der Waals surface area contributed by atoms with Crippen molar-refractivity contribution in [2.75, 3.05) is 4.90 Å². The zero-order valence-corrected chi connectivity index (χ0v) is 15.0. The number of hydrogen-bond donors (Lipinski definition) is 0. The van der Waals surface area contributed by atoms with Gasteiger partial charge in [-0.25, -0.2) is 0 Å². The van der Waals surface area contributed by atoms with E-state index in [-0.39, 0.29) is 0 Å². The van der Waals surface area contributed by atoms with Crippen molar-refractivity contribution in [1.29, 1.82) is 0 Å². The zero-order valence-electron chi connectivity index (χ0n) is 15.0. The molecule has 0 radical (unpaired) electrons. The molecule has 0 N–H and O–H groups in total. The highest BCUT2D eigenvalue weighted by Gasteiger charge is 2.25. The minimum atomic E-state index is 0.999. The van der Waals surface area contributed by atoms with Gasteiger partial charge < -0.3 is 4.90 Å². The molecule has 0 bridgehead atoms. The Hall–Kier alpha value is -3.32. The molecule has 0 unspecified atom stereocenters. The van der Waals surface area contributed by atoms with Crippen LogP contribution in [0.5, 0.6) is 0 Å². The Labute approximate surface area is 159 Å². The van der Waals surface area contributed by atoms with E-state index in [4.69, 9.17) is 0 Å². The molecule has 0 fully saturated rings. The molecule has 128 valence electrons. The van der Waals surface area contributed by atoms with Crippen molar-refractivity contribution < 1.29 is 0 Å². The van der Waals surface area contributed by atoms with Crippen LogP contribution in [0.2, 0.25) is 0 Å². The van der Waals surface area contributed by atoms with Crippen LogP contribution in [0, 0.1) is 0 Å². The second-order valence-corrected chi connectivity index (χ2v) is 7.44. The van der Waals surface area contributed by atoms with E-state index in [9.17, 15) is 0 Å². The van der Waals surface area contributed by atoms with Gasteiger partial charge in [-0.3, -0.25) is 0 Å². The molecule has 1 heterocycles. The van der Waals surface area contributed by atoms with Gasteiger partial charge in [0.2, 0.25) is 0 Å². The van der Waals surface area contributed by atoms with Gasteiger partial charge >= 0.3 is 0 Å². The highest BCUT2D eigenvalue weighted by Crippen LogP contribution is 2.46. The molecule has 1 aliphatic carbocycles. The fraction of sp³-hybridized carbons (Fsp3) is 0.0769. The number of benzene rings is 4. The lowest BCUT2D eigenvalue weighted by atomic mass is 9.94. The quantitative estimate of drug-likeness (QED) is 0.323. The standard InChI is InChI=1S/C26H19N/c1-4-10-23-18(7-1)15-21-17-22(13-14-24(21)23)27-25-11-5-2-8-19(25)16-20-9-3-6-12-26(20)27/h1-14,17H,15-16H2. The van der Waals surface area contributed by atoms with E-state index in [0.29, 0.717) is 0 Å². The van der Waals surface area contributed by atoms with Crippen LogP contribution in [0.15, 0.2) is 91.0 Å².